The average Bonchev–Trinajstić information content (AvgIpc) is 2.46. The fourth-order valence-corrected chi connectivity index (χ4v) is 4.11. The Morgan fingerprint density at radius 2 is 1.95 bits per heavy atom. The predicted octanol–water partition coefficient (Wildman–Crippen LogP) is 2.27. The first-order valence-corrected chi connectivity index (χ1v) is 8.28. The van der Waals surface area contributed by atoms with E-state index < -0.39 is 15.8 Å². The second-order valence-electron chi connectivity index (χ2n) is 5.24. The summed E-state index contributed by atoms with van der Waals surface area (Å²) >= 11 is 0. The second kappa shape index (κ2) is 6.20. The molecule has 1 aromatic rings. The van der Waals surface area contributed by atoms with E-state index in [4.69, 9.17) is 5.11 Å². The van der Waals surface area contributed by atoms with Gasteiger partial charge in [-0.1, -0.05) is 25.3 Å². The van der Waals surface area contributed by atoms with Crippen molar-refractivity contribution in [3.8, 4) is 0 Å². The molecule has 0 radical (unpaired) electrons. The van der Waals surface area contributed by atoms with Crippen molar-refractivity contribution < 1.29 is 17.9 Å². The Morgan fingerprint density at radius 3 is 2.50 bits per heavy atom. The van der Waals surface area contributed by atoms with Crippen LogP contribution >= 0.6 is 0 Å². The summed E-state index contributed by atoms with van der Waals surface area (Å²) in [5, 5.41) is 8.94. The smallest absolute Gasteiger partial charge is 0.245 e. The molecule has 4 nitrogen and oxygen atoms in total. The van der Waals surface area contributed by atoms with Crippen molar-refractivity contribution in [3.05, 3.63) is 29.6 Å². The van der Waals surface area contributed by atoms with Crippen LogP contribution in [0, 0.1) is 5.82 Å². The molecule has 1 aliphatic carbocycles. The first-order valence-electron chi connectivity index (χ1n) is 6.84. The van der Waals surface area contributed by atoms with Crippen molar-refractivity contribution in [3.63, 3.8) is 0 Å². The maximum absolute atomic E-state index is 13.9. The molecular weight excluding hydrogens is 281 g/mol. The molecule has 0 heterocycles. The predicted molar refractivity (Wildman–Crippen MR) is 74.1 cm³/mol. The minimum atomic E-state index is -3.82. The van der Waals surface area contributed by atoms with Gasteiger partial charge in [0.2, 0.25) is 10.0 Å². The van der Waals surface area contributed by atoms with Crippen LogP contribution in [0.1, 0.15) is 37.7 Å². The summed E-state index contributed by atoms with van der Waals surface area (Å²) in [7, 11) is -2.30. The van der Waals surface area contributed by atoms with Gasteiger partial charge in [0.25, 0.3) is 0 Å². The monoisotopic (exact) mass is 301 g/mol. The van der Waals surface area contributed by atoms with Crippen molar-refractivity contribution in [2.24, 2.45) is 0 Å². The first kappa shape index (κ1) is 15.4. The Balaban J connectivity index is 2.29. The Labute approximate surface area is 119 Å². The highest BCUT2D eigenvalue weighted by molar-refractivity contribution is 7.89. The number of aliphatic hydroxyl groups is 1. The molecule has 0 aromatic heterocycles. The quantitative estimate of drug-likeness (QED) is 0.928. The van der Waals surface area contributed by atoms with Crippen molar-refractivity contribution >= 4 is 10.0 Å². The molecule has 2 rings (SSSR count). The van der Waals surface area contributed by atoms with Gasteiger partial charge in [-0.2, -0.15) is 4.31 Å². The van der Waals surface area contributed by atoms with Gasteiger partial charge in [-0.15, -0.1) is 0 Å². The van der Waals surface area contributed by atoms with Gasteiger partial charge in [0, 0.05) is 13.1 Å². The molecule has 0 unspecified atom stereocenters. The molecule has 1 aromatic carbocycles. The number of rotatable bonds is 4. The third-order valence-electron chi connectivity index (χ3n) is 3.92. The zero-order valence-electron chi connectivity index (χ0n) is 11.5. The Morgan fingerprint density at radius 1 is 1.30 bits per heavy atom. The zero-order chi connectivity index (χ0) is 14.8. The van der Waals surface area contributed by atoms with Gasteiger partial charge >= 0.3 is 0 Å². The average molecular weight is 301 g/mol. The Bertz CT molecular complexity index is 568. The number of aliphatic hydroxyl groups excluding tert-OH is 1. The van der Waals surface area contributed by atoms with E-state index in [-0.39, 0.29) is 17.5 Å². The minimum Gasteiger partial charge on any atom is -0.392 e. The highest BCUT2D eigenvalue weighted by Crippen LogP contribution is 2.27. The Hall–Kier alpha value is -0.980. The molecule has 1 aliphatic rings. The molecule has 0 spiro atoms. The highest BCUT2D eigenvalue weighted by atomic mass is 32.2. The van der Waals surface area contributed by atoms with E-state index in [1.54, 1.807) is 0 Å². The third kappa shape index (κ3) is 3.02. The minimum absolute atomic E-state index is 0.0503. The van der Waals surface area contributed by atoms with Crippen LogP contribution in [0.4, 0.5) is 4.39 Å². The zero-order valence-corrected chi connectivity index (χ0v) is 12.4. The fourth-order valence-electron chi connectivity index (χ4n) is 2.65. The van der Waals surface area contributed by atoms with E-state index >= 15 is 0 Å². The van der Waals surface area contributed by atoms with Gasteiger partial charge in [-0.05, 0) is 30.5 Å². The molecule has 112 valence electrons. The normalized spacial score (nSPS) is 17.6. The summed E-state index contributed by atoms with van der Waals surface area (Å²) in [6, 6.07) is 3.69. The highest BCUT2D eigenvalue weighted by Gasteiger charge is 2.30. The van der Waals surface area contributed by atoms with E-state index in [1.165, 1.54) is 23.5 Å². The van der Waals surface area contributed by atoms with Crippen LogP contribution in [0.15, 0.2) is 23.1 Å². The summed E-state index contributed by atoms with van der Waals surface area (Å²) in [6.45, 7) is -0.310. The topological polar surface area (TPSA) is 57.6 Å². The molecule has 0 saturated heterocycles. The number of hydrogen-bond donors (Lipinski definition) is 1. The van der Waals surface area contributed by atoms with Crippen LogP contribution in [0.3, 0.4) is 0 Å². The van der Waals surface area contributed by atoms with Gasteiger partial charge in [-0.3, -0.25) is 0 Å². The second-order valence-corrected chi connectivity index (χ2v) is 7.20. The van der Waals surface area contributed by atoms with E-state index in [0.717, 1.165) is 38.2 Å². The number of benzene rings is 1. The van der Waals surface area contributed by atoms with Gasteiger partial charge in [-0.25, -0.2) is 12.8 Å². The molecule has 1 fully saturated rings. The lowest BCUT2D eigenvalue weighted by Gasteiger charge is -2.30. The summed E-state index contributed by atoms with van der Waals surface area (Å²) in [4.78, 5) is -0.317. The molecule has 0 aliphatic heterocycles. The molecule has 0 amide bonds. The van der Waals surface area contributed by atoms with Crippen LogP contribution < -0.4 is 0 Å². The first-order chi connectivity index (χ1) is 9.46. The van der Waals surface area contributed by atoms with Gasteiger partial charge in [0.15, 0.2) is 0 Å². The summed E-state index contributed by atoms with van der Waals surface area (Å²) in [5.74, 6) is -0.806. The molecule has 0 bridgehead atoms. The van der Waals surface area contributed by atoms with Crippen molar-refractivity contribution in [2.45, 2.75) is 49.6 Å². The molecule has 6 heteroatoms. The van der Waals surface area contributed by atoms with E-state index in [0.29, 0.717) is 5.56 Å². The molecule has 0 atom stereocenters. The largest absolute Gasteiger partial charge is 0.392 e. The van der Waals surface area contributed by atoms with E-state index in [1.807, 2.05) is 0 Å². The molecule has 20 heavy (non-hydrogen) atoms. The van der Waals surface area contributed by atoms with Gasteiger partial charge in [0.1, 0.15) is 10.7 Å². The van der Waals surface area contributed by atoms with Crippen LogP contribution in [-0.2, 0) is 16.6 Å². The SMILES string of the molecule is CN(C1CCCCC1)S(=O)(=O)c1ccc(CO)cc1F. The Kier molecular flexibility index (Phi) is 4.78. The number of sulfonamides is 1. The van der Waals surface area contributed by atoms with Gasteiger partial charge in [0.05, 0.1) is 6.61 Å². The molecular formula is C14H20FNO3S. The lowest BCUT2D eigenvalue weighted by Crippen LogP contribution is -2.38. The maximum atomic E-state index is 13.9. The molecule has 1 saturated carbocycles. The van der Waals surface area contributed by atoms with Crippen LogP contribution in [-0.4, -0.2) is 30.9 Å². The summed E-state index contributed by atoms with van der Waals surface area (Å²) in [6.07, 6.45) is 4.80. The summed E-state index contributed by atoms with van der Waals surface area (Å²) in [5.41, 5.74) is 0.363. The lowest BCUT2D eigenvalue weighted by molar-refractivity contribution is 0.280. The van der Waals surface area contributed by atoms with Crippen molar-refractivity contribution in [1.82, 2.24) is 4.31 Å². The van der Waals surface area contributed by atoms with Gasteiger partial charge < -0.3 is 5.11 Å². The standard InChI is InChI=1S/C14H20FNO3S/c1-16(12-5-3-2-4-6-12)20(18,19)14-8-7-11(10-17)9-13(14)15/h7-9,12,17H,2-6,10H2,1H3. The fraction of sp³-hybridized carbons (Fsp3) is 0.571. The van der Waals surface area contributed by atoms with Crippen LogP contribution in [0.5, 0.6) is 0 Å². The van der Waals surface area contributed by atoms with E-state index in [2.05, 4.69) is 0 Å². The molecule has 1 N–H and O–H groups in total. The number of nitrogens with zero attached hydrogens (tertiary/aromatic N) is 1. The van der Waals surface area contributed by atoms with Crippen molar-refractivity contribution in [1.29, 1.82) is 0 Å². The maximum Gasteiger partial charge on any atom is 0.245 e. The number of hydrogen-bond acceptors (Lipinski definition) is 3. The lowest BCUT2D eigenvalue weighted by atomic mass is 9.96. The van der Waals surface area contributed by atoms with Crippen molar-refractivity contribution in [2.75, 3.05) is 7.05 Å². The van der Waals surface area contributed by atoms with E-state index in [9.17, 15) is 12.8 Å². The van der Waals surface area contributed by atoms with Crippen LogP contribution in [0.25, 0.3) is 0 Å². The summed E-state index contributed by atoms with van der Waals surface area (Å²) < 4.78 is 40.2. The van der Waals surface area contributed by atoms with Crippen LogP contribution in [0.2, 0.25) is 0 Å². The third-order valence-corrected chi connectivity index (χ3v) is 5.87. The number of halogens is 1.